The molecule has 118 valence electrons. The number of aliphatic hydroxyl groups excluding tert-OH is 1. The first-order valence-corrected chi connectivity index (χ1v) is 6.59. The molecule has 21 heavy (non-hydrogen) atoms. The summed E-state index contributed by atoms with van der Waals surface area (Å²) >= 11 is 5.92. The summed E-state index contributed by atoms with van der Waals surface area (Å²) in [6, 6.07) is 4.57. The highest BCUT2D eigenvalue weighted by Gasteiger charge is 2.40. The topological polar surface area (TPSA) is 52.6 Å². The fraction of sp³-hybridized carbons (Fsp3) is 0.462. The number of amides is 1. The van der Waals surface area contributed by atoms with E-state index in [9.17, 15) is 18.0 Å². The average Bonchev–Trinajstić information content (AvgIpc) is 2.43. The molecule has 0 bridgehead atoms. The van der Waals surface area contributed by atoms with Gasteiger partial charge in [0.2, 0.25) is 0 Å². The summed E-state index contributed by atoms with van der Waals surface area (Å²) in [5.74, 6) is -0.664. The van der Waals surface area contributed by atoms with Crippen molar-refractivity contribution in [1.82, 2.24) is 4.90 Å². The Bertz CT molecular complexity index is 509. The van der Waals surface area contributed by atoms with Gasteiger partial charge < -0.3 is 15.3 Å². The first-order chi connectivity index (χ1) is 9.70. The maximum Gasteiger partial charge on any atom is 0.416 e. The van der Waals surface area contributed by atoms with Crippen molar-refractivity contribution in [1.29, 1.82) is 0 Å². The summed E-state index contributed by atoms with van der Waals surface area (Å²) in [5.41, 5.74) is 0.690. The van der Waals surface area contributed by atoms with Crippen LogP contribution in [0.1, 0.15) is 17.3 Å². The third-order valence-corrected chi connectivity index (χ3v) is 3.26. The highest BCUT2D eigenvalue weighted by atomic mass is 35.5. The maximum absolute atomic E-state index is 12.4. The fourth-order valence-corrected chi connectivity index (χ4v) is 1.88. The van der Waals surface area contributed by atoms with Gasteiger partial charge in [0.1, 0.15) is 0 Å². The normalized spacial score (nSPS) is 12.9. The molecule has 8 heteroatoms. The van der Waals surface area contributed by atoms with E-state index < -0.39 is 24.7 Å². The molecular formula is C13H16ClF3N2O2. The molecule has 0 saturated carbocycles. The third kappa shape index (κ3) is 4.50. The van der Waals surface area contributed by atoms with Crippen LogP contribution in [0.2, 0.25) is 5.02 Å². The van der Waals surface area contributed by atoms with Gasteiger partial charge in [0.05, 0.1) is 17.1 Å². The van der Waals surface area contributed by atoms with Gasteiger partial charge >= 0.3 is 6.18 Å². The van der Waals surface area contributed by atoms with Gasteiger partial charge in [0.15, 0.2) is 6.10 Å². The van der Waals surface area contributed by atoms with Crippen molar-refractivity contribution in [2.45, 2.75) is 19.2 Å². The van der Waals surface area contributed by atoms with Crippen molar-refractivity contribution < 1.29 is 23.1 Å². The van der Waals surface area contributed by atoms with E-state index in [2.05, 4.69) is 5.32 Å². The Labute approximate surface area is 125 Å². The van der Waals surface area contributed by atoms with E-state index in [1.165, 1.54) is 19.1 Å². The van der Waals surface area contributed by atoms with E-state index in [0.29, 0.717) is 5.69 Å². The average molecular weight is 325 g/mol. The number of halogens is 4. The van der Waals surface area contributed by atoms with Gasteiger partial charge in [-0.15, -0.1) is 0 Å². The molecule has 1 aromatic carbocycles. The lowest BCUT2D eigenvalue weighted by Gasteiger charge is -2.25. The molecule has 0 saturated heterocycles. The second-order valence-electron chi connectivity index (χ2n) is 4.35. The van der Waals surface area contributed by atoms with Gasteiger partial charge in [0, 0.05) is 19.3 Å². The molecular weight excluding hydrogens is 309 g/mol. The lowest BCUT2D eigenvalue weighted by atomic mass is 10.1. The van der Waals surface area contributed by atoms with Crippen LogP contribution in [0.5, 0.6) is 0 Å². The molecule has 0 aliphatic heterocycles. The molecule has 0 radical (unpaired) electrons. The number of likely N-dealkylation sites (N-methyl/N-ethyl adjacent to an activating group) is 1. The van der Waals surface area contributed by atoms with E-state index in [0.717, 1.165) is 4.90 Å². The smallest absolute Gasteiger partial charge is 0.388 e. The van der Waals surface area contributed by atoms with E-state index in [1.807, 2.05) is 0 Å². The molecule has 0 aliphatic rings. The number of alkyl halides is 3. The minimum absolute atomic E-state index is 0.0199. The number of carbonyl (C=O) groups excluding carboxylic acids is 1. The SMILES string of the molecule is CCN(CC(O)C(F)(F)F)C(=O)c1cc(NC)ccc1Cl. The highest BCUT2D eigenvalue weighted by molar-refractivity contribution is 6.34. The fourth-order valence-electron chi connectivity index (χ4n) is 1.68. The maximum atomic E-state index is 12.4. The number of anilines is 1. The number of hydrogen-bond donors (Lipinski definition) is 2. The number of nitrogens with zero attached hydrogens (tertiary/aromatic N) is 1. The van der Waals surface area contributed by atoms with Crippen LogP contribution in [0.3, 0.4) is 0 Å². The van der Waals surface area contributed by atoms with Crippen molar-refractivity contribution in [2.24, 2.45) is 0 Å². The molecule has 0 aromatic heterocycles. The van der Waals surface area contributed by atoms with Gasteiger partial charge in [-0.3, -0.25) is 4.79 Å². The van der Waals surface area contributed by atoms with Crippen molar-refractivity contribution in [3.63, 3.8) is 0 Å². The van der Waals surface area contributed by atoms with Crippen LogP contribution in [0.15, 0.2) is 18.2 Å². The molecule has 2 N–H and O–H groups in total. The second kappa shape index (κ2) is 7.00. The zero-order valence-electron chi connectivity index (χ0n) is 11.5. The van der Waals surface area contributed by atoms with Crippen molar-refractivity contribution in [3.8, 4) is 0 Å². The van der Waals surface area contributed by atoms with Crippen LogP contribution < -0.4 is 5.32 Å². The summed E-state index contributed by atoms with van der Waals surface area (Å²) in [5, 5.41) is 12.0. The van der Waals surface area contributed by atoms with Crippen molar-refractivity contribution in [3.05, 3.63) is 28.8 Å². The summed E-state index contributed by atoms with van der Waals surface area (Å²) in [6.45, 7) is 0.710. The van der Waals surface area contributed by atoms with Crippen LogP contribution >= 0.6 is 11.6 Å². The zero-order valence-corrected chi connectivity index (χ0v) is 12.3. The molecule has 0 heterocycles. The molecule has 4 nitrogen and oxygen atoms in total. The standard InChI is InChI=1S/C13H16ClF3N2O2/c1-3-19(7-11(20)13(15,16)17)12(21)9-6-8(18-2)4-5-10(9)14/h4-6,11,18,20H,3,7H2,1-2H3. The molecule has 1 rings (SSSR count). The second-order valence-corrected chi connectivity index (χ2v) is 4.75. The predicted molar refractivity (Wildman–Crippen MR) is 74.6 cm³/mol. The predicted octanol–water partition coefficient (Wildman–Crippen LogP) is 2.77. The number of benzene rings is 1. The Morgan fingerprint density at radius 3 is 2.57 bits per heavy atom. The van der Waals surface area contributed by atoms with Gasteiger partial charge in [-0.25, -0.2) is 0 Å². The van der Waals surface area contributed by atoms with Gasteiger partial charge in [-0.1, -0.05) is 11.6 Å². The Hall–Kier alpha value is -1.47. The molecule has 1 atom stereocenters. The summed E-state index contributed by atoms with van der Waals surface area (Å²) in [6.07, 6.45) is -7.36. The number of hydrogen-bond acceptors (Lipinski definition) is 3. The first-order valence-electron chi connectivity index (χ1n) is 6.22. The number of aliphatic hydroxyl groups is 1. The minimum Gasteiger partial charge on any atom is -0.388 e. The monoisotopic (exact) mass is 324 g/mol. The highest BCUT2D eigenvalue weighted by Crippen LogP contribution is 2.24. The third-order valence-electron chi connectivity index (χ3n) is 2.93. The quantitative estimate of drug-likeness (QED) is 0.875. The van der Waals surface area contributed by atoms with E-state index in [1.54, 1.807) is 13.1 Å². The van der Waals surface area contributed by atoms with E-state index >= 15 is 0 Å². The lowest BCUT2D eigenvalue weighted by molar-refractivity contribution is -0.206. The minimum atomic E-state index is -4.77. The van der Waals surface area contributed by atoms with Gasteiger partial charge in [-0.2, -0.15) is 13.2 Å². The summed E-state index contributed by atoms with van der Waals surface area (Å²) in [4.78, 5) is 13.2. The van der Waals surface area contributed by atoms with Crippen molar-refractivity contribution in [2.75, 3.05) is 25.5 Å². The lowest BCUT2D eigenvalue weighted by Crippen LogP contribution is -2.43. The Kier molecular flexibility index (Phi) is 5.86. The number of nitrogens with one attached hydrogen (secondary N) is 1. The van der Waals surface area contributed by atoms with Crippen LogP contribution in [-0.2, 0) is 0 Å². The molecule has 0 fully saturated rings. The number of carbonyl (C=O) groups is 1. The van der Waals surface area contributed by atoms with Crippen LogP contribution in [0, 0.1) is 0 Å². The van der Waals surface area contributed by atoms with Crippen LogP contribution in [0.25, 0.3) is 0 Å². The molecule has 0 spiro atoms. The van der Waals surface area contributed by atoms with E-state index in [4.69, 9.17) is 16.7 Å². The van der Waals surface area contributed by atoms with Crippen molar-refractivity contribution >= 4 is 23.2 Å². The summed E-state index contributed by atoms with van der Waals surface area (Å²) < 4.78 is 37.2. The molecule has 1 aromatic rings. The number of rotatable bonds is 5. The van der Waals surface area contributed by atoms with Gasteiger partial charge in [-0.05, 0) is 25.1 Å². The Balaban J connectivity index is 2.99. The molecule has 0 aliphatic carbocycles. The van der Waals surface area contributed by atoms with Crippen LogP contribution in [0.4, 0.5) is 18.9 Å². The molecule has 1 amide bonds. The van der Waals surface area contributed by atoms with Gasteiger partial charge in [0.25, 0.3) is 5.91 Å². The zero-order chi connectivity index (χ0) is 16.2. The first kappa shape index (κ1) is 17.6. The van der Waals surface area contributed by atoms with Crippen LogP contribution in [-0.4, -0.2) is 48.3 Å². The molecule has 1 unspecified atom stereocenters. The van der Waals surface area contributed by atoms with E-state index in [-0.39, 0.29) is 17.1 Å². The Morgan fingerprint density at radius 2 is 2.10 bits per heavy atom. The largest absolute Gasteiger partial charge is 0.416 e. The Morgan fingerprint density at radius 1 is 1.48 bits per heavy atom. The summed E-state index contributed by atoms with van der Waals surface area (Å²) in [7, 11) is 1.64.